The Morgan fingerprint density at radius 1 is 1.11 bits per heavy atom. The zero-order valence-electron chi connectivity index (χ0n) is 15.7. The highest BCUT2D eigenvalue weighted by Gasteiger charge is 2.50. The quantitative estimate of drug-likeness (QED) is 0.659. The summed E-state index contributed by atoms with van der Waals surface area (Å²) in [6, 6.07) is 17.9. The van der Waals surface area contributed by atoms with Gasteiger partial charge in [-0.15, -0.1) is 11.6 Å². The van der Waals surface area contributed by atoms with E-state index in [1.807, 2.05) is 35.2 Å². The van der Waals surface area contributed by atoms with E-state index in [2.05, 4.69) is 24.3 Å². The third-order valence-corrected chi connectivity index (χ3v) is 6.88. The van der Waals surface area contributed by atoms with Gasteiger partial charge in [-0.3, -0.25) is 4.79 Å². The van der Waals surface area contributed by atoms with E-state index in [9.17, 15) is 4.79 Å². The summed E-state index contributed by atoms with van der Waals surface area (Å²) in [5.74, 6) is 1.06. The number of fused-ring (bicyclic) bond motifs is 1. The average Bonchev–Trinajstić information content (AvgIpc) is 2.72. The molecule has 0 radical (unpaired) electrons. The molecule has 142 valence electrons. The summed E-state index contributed by atoms with van der Waals surface area (Å²) in [6.07, 6.45) is 5.35. The van der Waals surface area contributed by atoms with Gasteiger partial charge in [0.25, 0.3) is 5.91 Å². The minimum Gasteiger partial charge on any atom is -0.497 e. The fourth-order valence-electron chi connectivity index (χ4n) is 4.85. The molecule has 3 nitrogen and oxygen atoms in total. The Kier molecular flexibility index (Phi) is 5.14. The van der Waals surface area contributed by atoms with E-state index in [0.29, 0.717) is 23.8 Å². The number of piperidine rings is 1. The molecule has 0 spiro atoms. The van der Waals surface area contributed by atoms with Crippen molar-refractivity contribution in [2.75, 3.05) is 13.7 Å². The fourth-order valence-corrected chi connectivity index (χ4v) is 5.30. The number of hydrogen-bond acceptors (Lipinski definition) is 2. The second-order valence-electron chi connectivity index (χ2n) is 7.72. The van der Waals surface area contributed by atoms with Crippen LogP contribution in [0.25, 0.3) is 0 Å². The normalized spacial score (nSPS) is 27.7. The number of likely N-dealkylation sites (tertiary alicyclic amines) is 1. The van der Waals surface area contributed by atoms with E-state index in [0.717, 1.165) is 19.3 Å². The largest absolute Gasteiger partial charge is 0.497 e. The molecule has 1 heterocycles. The van der Waals surface area contributed by atoms with Gasteiger partial charge in [-0.2, -0.15) is 0 Å². The SMILES string of the molecule is COc1cccc(C(=O)N2CC[C@]3(Cl)CCCC[C@H]3[C@@H]2c2ccccc2)c1. The van der Waals surface area contributed by atoms with Crippen LogP contribution in [0.5, 0.6) is 5.75 Å². The average molecular weight is 384 g/mol. The molecule has 1 saturated carbocycles. The van der Waals surface area contributed by atoms with E-state index < -0.39 is 0 Å². The highest BCUT2D eigenvalue weighted by Crippen LogP contribution is 2.52. The van der Waals surface area contributed by atoms with Gasteiger partial charge in [0.05, 0.1) is 18.0 Å². The lowest BCUT2D eigenvalue weighted by Crippen LogP contribution is -2.53. The van der Waals surface area contributed by atoms with E-state index in [1.165, 1.54) is 18.4 Å². The van der Waals surface area contributed by atoms with Gasteiger partial charge in [-0.25, -0.2) is 0 Å². The molecule has 27 heavy (non-hydrogen) atoms. The molecule has 1 amide bonds. The number of ether oxygens (including phenoxy) is 1. The fraction of sp³-hybridized carbons (Fsp3) is 0.435. The maximum atomic E-state index is 13.5. The molecule has 0 unspecified atom stereocenters. The molecule has 1 aliphatic carbocycles. The number of alkyl halides is 1. The molecular weight excluding hydrogens is 358 g/mol. The van der Waals surface area contributed by atoms with Crippen LogP contribution < -0.4 is 4.74 Å². The zero-order valence-corrected chi connectivity index (χ0v) is 16.5. The Bertz CT molecular complexity index is 809. The van der Waals surface area contributed by atoms with E-state index >= 15 is 0 Å². The van der Waals surface area contributed by atoms with Gasteiger partial charge in [-0.05, 0) is 43.0 Å². The lowest BCUT2D eigenvalue weighted by atomic mass is 9.68. The summed E-state index contributed by atoms with van der Waals surface area (Å²) in [5.41, 5.74) is 1.86. The van der Waals surface area contributed by atoms with Crippen molar-refractivity contribution in [1.82, 2.24) is 4.90 Å². The van der Waals surface area contributed by atoms with Crippen LogP contribution in [-0.2, 0) is 0 Å². The van der Waals surface area contributed by atoms with Crippen LogP contribution in [-0.4, -0.2) is 29.3 Å². The van der Waals surface area contributed by atoms with E-state index in [4.69, 9.17) is 16.3 Å². The van der Waals surface area contributed by atoms with Gasteiger partial charge in [-0.1, -0.05) is 49.2 Å². The van der Waals surface area contributed by atoms with Gasteiger partial charge in [0.1, 0.15) is 5.75 Å². The van der Waals surface area contributed by atoms with Crippen molar-refractivity contribution in [3.63, 3.8) is 0 Å². The van der Waals surface area contributed by atoms with Crippen molar-refractivity contribution in [3.8, 4) is 5.75 Å². The molecule has 4 rings (SSSR count). The molecule has 1 aliphatic heterocycles. The number of carbonyl (C=O) groups is 1. The topological polar surface area (TPSA) is 29.5 Å². The number of hydrogen-bond donors (Lipinski definition) is 0. The van der Waals surface area contributed by atoms with Crippen molar-refractivity contribution >= 4 is 17.5 Å². The number of rotatable bonds is 3. The molecule has 2 fully saturated rings. The second kappa shape index (κ2) is 7.55. The number of methoxy groups -OCH3 is 1. The summed E-state index contributed by atoms with van der Waals surface area (Å²) >= 11 is 7.13. The summed E-state index contributed by atoms with van der Waals surface area (Å²) in [5, 5.41) is 0. The van der Waals surface area contributed by atoms with Crippen LogP contribution in [0.2, 0.25) is 0 Å². The Hall–Kier alpha value is -2.00. The highest BCUT2D eigenvalue weighted by molar-refractivity contribution is 6.24. The molecule has 1 saturated heterocycles. The second-order valence-corrected chi connectivity index (χ2v) is 8.48. The van der Waals surface area contributed by atoms with E-state index in [-0.39, 0.29) is 16.8 Å². The van der Waals surface area contributed by atoms with Crippen LogP contribution in [0.15, 0.2) is 54.6 Å². The molecule has 0 aromatic heterocycles. The maximum absolute atomic E-state index is 13.5. The summed E-state index contributed by atoms with van der Waals surface area (Å²) < 4.78 is 5.31. The minimum absolute atomic E-state index is 0.0245. The monoisotopic (exact) mass is 383 g/mol. The Morgan fingerprint density at radius 2 is 1.93 bits per heavy atom. The van der Waals surface area contributed by atoms with Crippen LogP contribution in [0.1, 0.15) is 54.1 Å². The summed E-state index contributed by atoms with van der Waals surface area (Å²) in [6.45, 7) is 0.690. The van der Waals surface area contributed by atoms with Crippen LogP contribution in [0.4, 0.5) is 0 Å². The van der Waals surface area contributed by atoms with Crippen molar-refractivity contribution in [2.24, 2.45) is 5.92 Å². The van der Waals surface area contributed by atoms with Crippen LogP contribution >= 0.6 is 11.6 Å². The minimum atomic E-state index is -0.191. The van der Waals surface area contributed by atoms with Gasteiger partial charge in [0, 0.05) is 18.0 Å². The Labute approximate surface area is 166 Å². The predicted octanol–water partition coefficient (Wildman–Crippen LogP) is 5.45. The molecule has 2 aliphatic rings. The van der Waals surface area contributed by atoms with Gasteiger partial charge in [0.15, 0.2) is 0 Å². The maximum Gasteiger partial charge on any atom is 0.254 e. The number of amides is 1. The van der Waals surface area contributed by atoms with Gasteiger partial charge >= 0.3 is 0 Å². The number of halogens is 1. The van der Waals surface area contributed by atoms with Crippen LogP contribution in [0.3, 0.4) is 0 Å². The molecular formula is C23H26ClNO2. The predicted molar refractivity (Wildman–Crippen MR) is 108 cm³/mol. The van der Waals surface area contributed by atoms with Gasteiger partial charge < -0.3 is 9.64 Å². The van der Waals surface area contributed by atoms with Crippen LogP contribution in [0, 0.1) is 5.92 Å². The molecule has 0 N–H and O–H groups in total. The lowest BCUT2D eigenvalue weighted by Gasteiger charge is -2.52. The third kappa shape index (κ3) is 3.45. The highest BCUT2D eigenvalue weighted by atomic mass is 35.5. The number of carbonyl (C=O) groups excluding carboxylic acids is 1. The van der Waals surface area contributed by atoms with Gasteiger partial charge in [0.2, 0.25) is 0 Å². The molecule has 4 heteroatoms. The van der Waals surface area contributed by atoms with E-state index in [1.54, 1.807) is 7.11 Å². The smallest absolute Gasteiger partial charge is 0.254 e. The Balaban J connectivity index is 1.73. The van der Waals surface area contributed by atoms with Crippen molar-refractivity contribution < 1.29 is 9.53 Å². The first-order valence-electron chi connectivity index (χ1n) is 9.81. The van der Waals surface area contributed by atoms with Crippen molar-refractivity contribution in [1.29, 1.82) is 0 Å². The summed E-state index contributed by atoms with van der Waals surface area (Å²) in [7, 11) is 1.63. The first kappa shape index (κ1) is 18.4. The molecule has 3 atom stereocenters. The first-order chi connectivity index (χ1) is 13.1. The number of benzene rings is 2. The zero-order chi connectivity index (χ0) is 18.9. The molecule has 2 aromatic rings. The van der Waals surface area contributed by atoms with Crippen molar-refractivity contribution in [2.45, 2.75) is 43.0 Å². The lowest BCUT2D eigenvalue weighted by molar-refractivity contribution is 0.0279. The third-order valence-electron chi connectivity index (χ3n) is 6.23. The summed E-state index contributed by atoms with van der Waals surface area (Å²) in [4.78, 5) is 15.3. The Morgan fingerprint density at radius 3 is 2.70 bits per heavy atom. The molecule has 0 bridgehead atoms. The number of nitrogens with zero attached hydrogens (tertiary/aromatic N) is 1. The first-order valence-corrected chi connectivity index (χ1v) is 10.2. The standard InChI is InChI=1S/C23H26ClNO2/c1-27-19-11-7-10-18(16-19)22(26)25-15-14-23(24)13-6-5-12-20(23)21(25)17-8-3-2-4-9-17/h2-4,7-11,16,20-21H,5-6,12-15H2,1H3/t20-,21-,23+/m0/s1. The van der Waals surface area contributed by atoms with Crippen molar-refractivity contribution in [3.05, 3.63) is 65.7 Å². The molecule has 2 aromatic carbocycles.